The Hall–Kier alpha value is -3.73. The average molecular weight is 427 g/mol. The Morgan fingerprint density at radius 1 is 1.27 bits per heavy atom. The van der Waals surface area contributed by atoms with Crippen LogP contribution in [0.25, 0.3) is 0 Å². The molecule has 2 heterocycles. The Morgan fingerprint density at radius 2 is 2.07 bits per heavy atom. The van der Waals surface area contributed by atoms with Crippen molar-refractivity contribution < 1.29 is 24.2 Å². The molecule has 1 aromatic heterocycles. The first-order valence-electron chi connectivity index (χ1n) is 8.73. The van der Waals surface area contributed by atoms with Crippen LogP contribution in [0.2, 0.25) is 0 Å². The van der Waals surface area contributed by atoms with Crippen LogP contribution in [-0.4, -0.2) is 51.1 Å². The number of hydrogen-bond donors (Lipinski definition) is 3. The number of amidine groups is 1. The van der Waals surface area contributed by atoms with E-state index in [2.05, 4.69) is 25.8 Å². The predicted molar refractivity (Wildman–Crippen MR) is 112 cm³/mol. The van der Waals surface area contributed by atoms with E-state index in [0.29, 0.717) is 11.6 Å². The number of hydrogen-bond acceptors (Lipinski definition) is 8. The number of benzene rings is 1. The van der Waals surface area contributed by atoms with Crippen molar-refractivity contribution in [2.45, 2.75) is 11.7 Å². The Labute approximate surface area is 175 Å². The second-order valence-corrected chi connectivity index (χ2v) is 7.16. The first kappa shape index (κ1) is 21.0. The van der Waals surface area contributed by atoms with Gasteiger partial charge in [-0.15, -0.1) is 5.10 Å². The molecule has 1 atom stereocenters. The van der Waals surface area contributed by atoms with Gasteiger partial charge in [-0.3, -0.25) is 14.4 Å². The molecule has 0 radical (unpaired) electrons. The van der Waals surface area contributed by atoms with E-state index in [1.54, 1.807) is 48.7 Å². The normalized spacial score (nSPS) is 17.1. The number of anilines is 1. The van der Waals surface area contributed by atoms with Crippen molar-refractivity contribution >= 4 is 46.7 Å². The van der Waals surface area contributed by atoms with Gasteiger partial charge in [-0.1, -0.05) is 17.8 Å². The van der Waals surface area contributed by atoms with E-state index < -0.39 is 17.1 Å². The van der Waals surface area contributed by atoms with Crippen molar-refractivity contribution in [1.82, 2.24) is 10.3 Å². The molecule has 1 fully saturated rings. The number of carbonyl (C=O) groups is 3. The van der Waals surface area contributed by atoms with Crippen molar-refractivity contribution in [3.8, 4) is 5.75 Å². The lowest BCUT2D eigenvalue weighted by atomic mass is 10.2. The van der Waals surface area contributed by atoms with Gasteiger partial charge in [-0.2, -0.15) is 5.10 Å². The minimum atomic E-state index is -1.05. The Kier molecular flexibility index (Phi) is 7.11. The molecular weight excluding hydrogens is 410 g/mol. The number of aromatic nitrogens is 1. The van der Waals surface area contributed by atoms with E-state index in [4.69, 9.17) is 9.84 Å². The molecule has 0 aliphatic carbocycles. The second-order valence-electron chi connectivity index (χ2n) is 5.96. The van der Waals surface area contributed by atoms with E-state index in [1.807, 2.05) is 0 Å². The standard InChI is InChI=1S/C19H17N5O5S/c25-16(22-15-3-1-2-8-20-15)11-29-13-6-4-12(5-7-13)10-21-24-19-23-18(28)14(30-19)9-17(26)27/h1-8,10,14H,9,11H2,(H,26,27)(H,20,22,25)(H,23,24,28). The van der Waals surface area contributed by atoms with Crippen LogP contribution in [0.4, 0.5) is 5.82 Å². The molecule has 30 heavy (non-hydrogen) atoms. The molecule has 11 heteroatoms. The van der Waals surface area contributed by atoms with Crippen molar-refractivity contribution in [2.75, 3.05) is 11.9 Å². The van der Waals surface area contributed by atoms with Crippen molar-refractivity contribution in [1.29, 1.82) is 0 Å². The van der Waals surface area contributed by atoms with Gasteiger partial charge >= 0.3 is 5.97 Å². The zero-order valence-electron chi connectivity index (χ0n) is 15.5. The van der Waals surface area contributed by atoms with Gasteiger partial charge in [0.15, 0.2) is 11.8 Å². The minimum Gasteiger partial charge on any atom is -0.484 e. The summed E-state index contributed by atoms with van der Waals surface area (Å²) in [5.41, 5.74) is 0.723. The number of nitrogens with zero attached hydrogens (tertiary/aromatic N) is 3. The first-order valence-corrected chi connectivity index (χ1v) is 9.61. The lowest BCUT2D eigenvalue weighted by Crippen LogP contribution is -2.26. The second kappa shape index (κ2) is 10.2. The van der Waals surface area contributed by atoms with E-state index in [0.717, 1.165) is 17.3 Å². The maximum atomic E-state index is 11.8. The highest BCUT2D eigenvalue weighted by molar-refractivity contribution is 8.15. The fraction of sp³-hybridized carbons (Fsp3) is 0.158. The molecule has 2 amide bonds. The highest BCUT2D eigenvalue weighted by Gasteiger charge is 2.32. The van der Waals surface area contributed by atoms with Crippen molar-refractivity contribution in [3.63, 3.8) is 0 Å². The third-order valence-corrected chi connectivity index (χ3v) is 4.75. The minimum absolute atomic E-state index is 0.161. The molecular formula is C19H17N5O5S. The van der Waals surface area contributed by atoms with E-state index in [1.165, 1.54) is 6.21 Å². The number of amides is 2. The van der Waals surface area contributed by atoms with Crippen LogP contribution >= 0.6 is 11.8 Å². The van der Waals surface area contributed by atoms with Crippen LogP contribution in [-0.2, 0) is 14.4 Å². The maximum absolute atomic E-state index is 11.8. The number of nitrogens with one attached hydrogen (secondary N) is 2. The SMILES string of the molecule is O=C(O)CC1SC(=NN=Cc2ccc(OCC(=O)Nc3ccccn3)cc2)NC1=O. The Balaban J connectivity index is 1.47. The zero-order chi connectivity index (χ0) is 21.3. The fourth-order valence-electron chi connectivity index (χ4n) is 2.31. The summed E-state index contributed by atoms with van der Waals surface area (Å²) < 4.78 is 5.43. The third-order valence-electron chi connectivity index (χ3n) is 3.67. The highest BCUT2D eigenvalue weighted by atomic mass is 32.2. The highest BCUT2D eigenvalue weighted by Crippen LogP contribution is 2.22. The molecule has 2 aromatic rings. The van der Waals surface area contributed by atoms with Crippen LogP contribution in [0.3, 0.4) is 0 Å². The molecule has 154 valence electrons. The van der Waals surface area contributed by atoms with Gasteiger partial charge in [0.1, 0.15) is 16.8 Å². The number of thioether (sulfide) groups is 1. The van der Waals surface area contributed by atoms with Crippen LogP contribution in [0.1, 0.15) is 12.0 Å². The number of carbonyl (C=O) groups excluding carboxylic acids is 2. The molecule has 0 bridgehead atoms. The van der Waals surface area contributed by atoms with Gasteiger partial charge in [0.25, 0.3) is 5.91 Å². The molecule has 1 aliphatic heterocycles. The van der Waals surface area contributed by atoms with Gasteiger partial charge in [-0.25, -0.2) is 4.98 Å². The number of carboxylic acids is 1. The molecule has 0 spiro atoms. The van der Waals surface area contributed by atoms with E-state index in [-0.39, 0.29) is 24.1 Å². The molecule has 1 aliphatic rings. The third kappa shape index (κ3) is 6.41. The summed E-state index contributed by atoms with van der Waals surface area (Å²) in [7, 11) is 0. The fourth-order valence-corrected chi connectivity index (χ4v) is 3.22. The average Bonchev–Trinajstić information content (AvgIpc) is 3.06. The molecule has 1 unspecified atom stereocenters. The summed E-state index contributed by atoms with van der Waals surface area (Å²) in [6, 6.07) is 12.0. The smallest absolute Gasteiger partial charge is 0.305 e. The quantitative estimate of drug-likeness (QED) is 0.428. The van der Waals surface area contributed by atoms with Crippen LogP contribution in [0.15, 0.2) is 58.9 Å². The number of aliphatic carboxylic acids is 1. The zero-order valence-corrected chi connectivity index (χ0v) is 16.3. The molecule has 3 rings (SSSR count). The maximum Gasteiger partial charge on any atom is 0.305 e. The van der Waals surface area contributed by atoms with Crippen LogP contribution in [0, 0.1) is 0 Å². The molecule has 3 N–H and O–H groups in total. The van der Waals surface area contributed by atoms with Gasteiger partial charge in [0.05, 0.1) is 12.6 Å². The summed E-state index contributed by atoms with van der Waals surface area (Å²) in [5.74, 6) is -0.823. The van der Waals surface area contributed by atoms with Gasteiger partial charge in [0, 0.05) is 6.20 Å². The number of ether oxygens (including phenoxy) is 1. The van der Waals surface area contributed by atoms with Crippen molar-refractivity contribution in [3.05, 3.63) is 54.2 Å². The predicted octanol–water partition coefficient (Wildman–Crippen LogP) is 1.50. The Morgan fingerprint density at radius 3 is 2.77 bits per heavy atom. The van der Waals surface area contributed by atoms with Crippen molar-refractivity contribution in [2.24, 2.45) is 10.2 Å². The van der Waals surface area contributed by atoms with E-state index in [9.17, 15) is 14.4 Å². The van der Waals surface area contributed by atoms with Gasteiger partial charge in [0.2, 0.25) is 5.91 Å². The van der Waals surface area contributed by atoms with Gasteiger partial charge in [-0.05, 0) is 42.0 Å². The summed E-state index contributed by atoms with van der Waals surface area (Å²) >= 11 is 1.03. The summed E-state index contributed by atoms with van der Waals surface area (Å²) in [6.45, 7) is -0.161. The van der Waals surface area contributed by atoms with Crippen LogP contribution < -0.4 is 15.4 Å². The molecule has 1 aromatic carbocycles. The number of pyridine rings is 1. The lowest BCUT2D eigenvalue weighted by molar-refractivity contribution is -0.138. The van der Waals surface area contributed by atoms with E-state index >= 15 is 0 Å². The van der Waals surface area contributed by atoms with Gasteiger partial charge < -0.3 is 20.5 Å². The molecule has 0 saturated carbocycles. The lowest BCUT2D eigenvalue weighted by Gasteiger charge is -2.07. The largest absolute Gasteiger partial charge is 0.484 e. The summed E-state index contributed by atoms with van der Waals surface area (Å²) in [6.07, 6.45) is 2.78. The summed E-state index contributed by atoms with van der Waals surface area (Å²) in [5, 5.41) is 21.2. The topological polar surface area (TPSA) is 142 Å². The number of rotatable bonds is 8. The van der Waals surface area contributed by atoms with Crippen LogP contribution in [0.5, 0.6) is 5.75 Å². The molecule has 1 saturated heterocycles. The first-order chi connectivity index (χ1) is 14.5. The Bertz CT molecular complexity index is 979. The monoisotopic (exact) mass is 427 g/mol. The summed E-state index contributed by atoms with van der Waals surface area (Å²) in [4.78, 5) is 38.2. The number of carboxylic acid groups (broad SMARTS) is 1. The molecule has 10 nitrogen and oxygen atoms in total.